The molecule has 0 radical (unpaired) electrons. The summed E-state index contributed by atoms with van der Waals surface area (Å²) < 4.78 is 0. The van der Waals surface area contributed by atoms with Crippen LogP contribution in [0, 0.1) is 37.3 Å². The van der Waals surface area contributed by atoms with Crippen LogP contribution in [0.15, 0.2) is 30.3 Å². The number of amides is 1. The number of hydrogen-bond acceptors (Lipinski definition) is 1. The Morgan fingerprint density at radius 3 is 2.27 bits per heavy atom. The van der Waals surface area contributed by atoms with Crippen LogP contribution in [-0.4, -0.2) is 5.91 Å². The minimum absolute atomic E-state index is 0. The predicted molar refractivity (Wildman–Crippen MR) is 39.5 cm³/mol. The summed E-state index contributed by atoms with van der Waals surface area (Å²) in [5.41, 5.74) is 7.58. The van der Waals surface area contributed by atoms with Gasteiger partial charge in [-0.1, -0.05) is 30.3 Å². The number of carbonyl (C=O) groups is 1. The van der Waals surface area contributed by atoms with Crippen molar-refractivity contribution in [1.29, 1.82) is 0 Å². The van der Waals surface area contributed by atoms with Gasteiger partial charge in [0.15, 0.2) is 0 Å². The van der Waals surface area contributed by atoms with E-state index in [2.05, 4.69) is 0 Å². The fourth-order valence-corrected chi connectivity index (χ4v) is 0.781. The van der Waals surface area contributed by atoms with Crippen molar-refractivity contribution in [2.75, 3.05) is 0 Å². The summed E-state index contributed by atoms with van der Waals surface area (Å²) in [7, 11) is 0. The SMILES string of the molecule is [Er].[NH-]C(=O)Cc1ccccc1. The van der Waals surface area contributed by atoms with Crippen molar-refractivity contribution < 1.29 is 42.1 Å². The Kier molecular flexibility index (Phi) is 5.54. The molecule has 0 bridgehead atoms. The summed E-state index contributed by atoms with van der Waals surface area (Å²) >= 11 is 0. The van der Waals surface area contributed by atoms with E-state index in [1.165, 1.54) is 0 Å². The Labute approximate surface area is 95.4 Å². The fraction of sp³-hybridized carbons (Fsp3) is 0.125. The third-order valence-electron chi connectivity index (χ3n) is 1.21. The van der Waals surface area contributed by atoms with Crippen LogP contribution in [-0.2, 0) is 11.2 Å². The van der Waals surface area contributed by atoms with E-state index in [-0.39, 0.29) is 43.7 Å². The van der Waals surface area contributed by atoms with Crippen LogP contribution in [0.4, 0.5) is 0 Å². The maximum atomic E-state index is 10.3. The molecular weight excluding hydrogens is 293 g/mol. The van der Waals surface area contributed by atoms with Crippen LogP contribution < -0.4 is 0 Å². The van der Waals surface area contributed by atoms with Gasteiger partial charge >= 0.3 is 0 Å². The summed E-state index contributed by atoms with van der Waals surface area (Å²) in [6.45, 7) is 0. The molecule has 0 aromatic heterocycles. The van der Waals surface area contributed by atoms with Gasteiger partial charge in [-0.2, -0.15) is 0 Å². The van der Waals surface area contributed by atoms with Gasteiger partial charge in [0.2, 0.25) is 0 Å². The molecule has 0 unspecified atom stereocenters. The van der Waals surface area contributed by atoms with Crippen LogP contribution in [0.2, 0.25) is 0 Å². The van der Waals surface area contributed by atoms with Crippen LogP contribution in [0.3, 0.4) is 0 Å². The molecule has 1 rings (SSSR count). The van der Waals surface area contributed by atoms with Crippen molar-refractivity contribution in [3.8, 4) is 0 Å². The number of benzene rings is 1. The van der Waals surface area contributed by atoms with E-state index in [0.29, 0.717) is 0 Å². The van der Waals surface area contributed by atoms with E-state index in [1.54, 1.807) is 0 Å². The van der Waals surface area contributed by atoms with Crippen LogP contribution in [0.25, 0.3) is 5.73 Å². The molecule has 1 amide bonds. The van der Waals surface area contributed by atoms with Crippen molar-refractivity contribution in [3.63, 3.8) is 0 Å². The summed E-state index contributed by atoms with van der Waals surface area (Å²) in [6.07, 6.45) is 0.223. The van der Waals surface area contributed by atoms with Crippen molar-refractivity contribution in [2.45, 2.75) is 6.42 Å². The van der Waals surface area contributed by atoms with Crippen LogP contribution in [0.1, 0.15) is 5.56 Å². The average Bonchev–Trinajstić information content (AvgIpc) is 1.88. The zero-order chi connectivity index (χ0) is 7.40. The van der Waals surface area contributed by atoms with E-state index in [4.69, 9.17) is 5.73 Å². The number of nitrogens with one attached hydrogen (secondary N) is 1. The van der Waals surface area contributed by atoms with Crippen LogP contribution in [0.5, 0.6) is 0 Å². The minimum atomic E-state index is -0.536. The molecule has 0 atom stereocenters. The third kappa shape index (κ3) is 4.39. The third-order valence-corrected chi connectivity index (χ3v) is 1.21. The maximum Gasteiger partial charge on any atom is 0.0532 e. The van der Waals surface area contributed by atoms with Crippen molar-refractivity contribution in [1.82, 2.24) is 0 Å². The summed E-state index contributed by atoms with van der Waals surface area (Å²) in [6, 6.07) is 9.29. The fourth-order valence-electron chi connectivity index (χ4n) is 0.781. The molecule has 2 nitrogen and oxygen atoms in total. The largest absolute Gasteiger partial charge is 0.667 e. The predicted octanol–water partition coefficient (Wildman–Crippen LogP) is 1.81. The molecule has 0 spiro atoms. The standard InChI is InChI=1S/C8H9NO.Er/c9-8(10)6-7-4-2-1-3-5-7;/h1-5H,6H2,(H2,9,10);/p-1. The maximum absolute atomic E-state index is 10.3. The number of carbonyl (C=O) groups excluding carboxylic acids is 1. The van der Waals surface area contributed by atoms with E-state index < -0.39 is 5.91 Å². The van der Waals surface area contributed by atoms with E-state index in [9.17, 15) is 4.79 Å². The molecule has 64 valence electrons. The van der Waals surface area contributed by atoms with Gasteiger partial charge in [0, 0.05) is 43.7 Å². The van der Waals surface area contributed by atoms with Crippen molar-refractivity contribution in [2.24, 2.45) is 0 Å². The summed E-state index contributed by atoms with van der Waals surface area (Å²) in [5.74, 6) is -0.536. The zero-order valence-corrected chi connectivity index (χ0v) is 7.64. The minimum Gasteiger partial charge on any atom is -0.667 e. The Morgan fingerprint density at radius 1 is 1.27 bits per heavy atom. The molecule has 0 aliphatic carbocycles. The molecular formula is C8H8ErNO-. The number of hydrogen-bond donors (Lipinski definition) is 0. The Balaban J connectivity index is 0.000001000. The first-order chi connectivity index (χ1) is 4.79. The second-order valence-corrected chi connectivity index (χ2v) is 2.09. The van der Waals surface area contributed by atoms with Gasteiger partial charge in [-0.25, -0.2) is 0 Å². The van der Waals surface area contributed by atoms with E-state index in [0.717, 1.165) is 5.56 Å². The van der Waals surface area contributed by atoms with Gasteiger partial charge in [-0.15, -0.1) is 0 Å². The molecule has 3 heteroatoms. The molecule has 11 heavy (non-hydrogen) atoms. The molecule has 0 saturated carbocycles. The van der Waals surface area contributed by atoms with Crippen molar-refractivity contribution in [3.05, 3.63) is 41.6 Å². The second kappa shape index (κ2) is 5.57. The quantitative estimate of drug-likeness (QED) is 0.821. The van der Waals surface area contributed by atoms with Gasteiger partial charge in [0.05, 0.1) is 5.91 Å². The topological polar surface area (TPSA) is 40.9 Å². The first-order valence-electron chi connectivity index (χ1n) is 3.07. The van der Waals surface area contributed by atoms with Gasteiger partial charge in [0.25, 0.3) is 0 Å². The van der Waals surface area contributed by atoms with Gasteiger partial charge < -0.3 is 10.5 Å². The Morgan fingerprint density at radius 2 is 1.82 bits per heavy atom. The number of rotatable bonds is 2. The van der Waals surface area contributed by atoms with Gasteiger partial charge in [-0.05, 0) is 5.56 Å². The van der Waals surface area contributed by atoms with Crippen molar-refractivity contribution >= 4 is 5.91 Å². The van der Waals surface area contributed by atoms with E-state index in [1.807, 2.05) is 30.3 Å². The normalized spacial score (nSPS) is 8.36. The molecule has 1 aromatic rings. The van der Waals surface area contributed by atoms with Crippen LogP contribution >= 0.6 is 0 Å². The molecule has 1 aromatic carbocycles. The Hall–Kier alpha value is -0.0632. The Bertz CT molecular complexity index is 223. The first kappa shape index (κ1) is 10.9. The van der Waals surface area contributed by atoms with Gasteiger partial charge in [0.1, 0.15) is 0 Å². The summed E-state index contributed by atoms with van der Waals surface area (Å²) in [4.78, 5) is 10.3. The molecule has 0 aliphatic rings. The molecule has 0 saturated heterocycles. The molecule has 1 N–H and O–H groups in total. The monoisotopic (exact) mass is 300 g/mol. The van der Waals surface area contributed by atoms with Gasteiger partial charge in [-0.3, -0.25) is 0 Å². The zero-order valence-electron chi connectivity index (χ0n) is 5.79. The molecule has 0 aliphatic heterocycles. The second-order valence-electron chi connectivity index (χ2n) is 2.09. The smallest absolute Gasteiger partial charge is 0.0532 e. The average molecular weight is 301 g/mol. The molecule has 0 fully saturated rings. The van der Waals surface area contributed by atoms with E-state index >= 15 is 0 Å². The molecule has 0 heterocycles. The summed E-state index contributed by atoms with van der Waals surface area (Å²) in [5, 5.41) is 0. The first-order valence-corrected chi connectivity index (χ1v) is 3.07.